The number of nitrogens with zero attached hydrogens (tertiary/aromatic N) is 1. The van der Waals surface area contributed by atoms with Crippen molar-refractivity contribution in [2.24, 2.45) is 5.92 Å². The SMILES string of the molecule is CCOc1ccccc1-c1ccc2c(NC(=O)CC3CCCC3)n[nH]c2c1. The van der Waals surface area contributed by atoms with Gasteiger partial charge in [-0.05, 0) is 49.4 Å². The van der Waals surface area contributed by atoms with Crippen LogP contribution < -0.4 is 10.1 Å². The fraction of sp³-hybridized carbons (Fsp3) is 0.364. The first-order valence-corrected chi connectivity index (χ1v) is 9.74. The number of hydrogen-bond donors (Lipinski definition) is 2. The number of rotatable bonds is 6. The predicted octanol–water partition coefficient (Wildman–Crippen LogP) is 5.15. The number of benzene rings is 2. The summed E-state index contributed by atoms with van der Waals surface area (Å²) in [5.74, 6) is 2.06. The zero-order valence-corrected chi connectivity index (χ0v) is 15.6. The fourth-order valence-electron chi connectivity index (χ4n) is 3.93. The van der Waals surface area contributed by atoms with Crippen molar-refractivity contribution >= 4 is 22.6 Å². The van der Waals surface area contributed by atoms with Crippen LogP contribution in [-0.2, 0) is 4.79 Å². The number of H-pyrrole nitrogens is 1. The van der Waals surface area contributed by atoms with Crippen LogP contribution in [0.4, 0.5) is 5.82 Å². The predicted molar refractivity (Wildman–Crippen MR) is 108 cm³/mol. The van der Waals surface area contributed by atoms with Gasteiger partial charge in [-0.3, -0.25) is 9.89 Å². The highest BCUT2D eigenvalue weighted by Gasteiger charge is 2.19. The zero-order chi connectivity index (χ0) is 18.6. The normalized spacial score (nSPS) is 14.6. The van der Waals surface area contributed by atoms with E-state index < -0.39 is 0 Å². The van der Waals surface area contributed by atoms with Gasteiger partial charge in [0.25, 0.3) is 0 Å². The quantitative estimate of drug-likeness (QED) is 0.636. The van der Waals surface area contributed by atoms with Gasteiger partial charge in [0.2, 0.25) is 5.91 Å². The summed E-state index contributed by atoms with van der Waals surface area (Å²) >= 11 is 0. The summed E-state index contributed by atoms with van der Waals surface area (Å²) in [5, 5.41) is 11.3. The van der Waals surface area contributed by atoms with Crippen LogP contribution in [0.15, 0.2) is 42.5 Å². The Balaban J connectivity index is 1.56. The third kappa shape index (κ3) is 3.82. The lowest BCUT2D eigenvalue weighted by atomic mass is 10.0. The molecule has 1 heterocycles. The first kappa shape index (κ1) is 17.6. The number of fused-ring (bicyclic) bond motifs is 1. The molecule has 1 fully saturated rings. The van der Waals surface area contributed by atoms with Crippen molar-refractivity contribution in [3.05, 3.63) is 42.5 Å². The first-order valence-electron chi connectivity index (χ1n) is 9.74. The van der Waals surface area contributed by atoms with Crippen molar-refractivity contribution in [2.45, 2.75) is 39.0 Å². The summed E-state index contributed by atoms with van der Waals surface area (Å²) in [6.07, 6.45) is 5.41. The molecule has 27 heavy (non-hydrogen) atoms. The molecule has 1 amide bonds. The molecule has 1 aromatic heterocycles. The molecule has 0 aliphatic heterocycles. The van der Waals surface area contributed by atoms with Crippen LogP contribution in [0, 0.1) is 5.92 Å². The van der Waals surface area contributed by atoms with Crippen molar-refractivity contribution in [1.82, 2.24) is 10.2 Å². The van der Waals surface area contributed by atoms with Gasteiger partial charge < -0.3 is 10.1 Å². The van der Waals surface area contributed by atoms with E-state index in [2.05, 4.69) is 15.5 Å². The lowest BCUT2D eigenvalue weighted by Crippen LogP contribution is -2.15. The number of carbonyl (C=O) groups excluding carboxylic acids is 1. The van der Waals surface area contributed by atoms with Gasteiger partial charge in [-0.15, -0.1) is 0 Å². The number of para-hydroxylation sites is 1. The van der Waals surface area contributed by atoms with E-state index in [0.29, 0.717) is 24.8 Å². The van der Waals surface area contributed by atoms with Crippen LogP contribution in [0.2, 0.25) is 0 Å². The van der Waals surface area contributed by atoms with Crippen LogP contribution >= 0.6 is 0 Å². The van der Waals surface area contributed by atoms with Crippen molar-refractivity contribution < 1.29 is 9.53 Å². The largest absolute Gasteiger partial charge is 0.493 e. The van der Waals surface area contributed by atoms with E-state index in [0.717, 1.165) is 40.6 Å². The number of carbonyl (C=O) groups is 1. The molecular formula is C22H25N3O2. The topological polar surface area (TPSA) is 67.0 Å². The van der Waals surface area contributed by atoms with Crippen LogP contribution in [0.5, 0.6) is 5.75 Å². The van der Waals surface area contributed by atoms with Gasteiger partial charge in [-0.1, -0.05) is 37.1 Å². The molecule has 0 bridgehead atoms. The number of hydrogen-bond acceptors (Lipinski definition) is 3. The third-order valence-electron chi connectivity index (χ3n) is 5.27. The minimum Gasteiger partial charge on any atom is -0.493 e. The van der Waals surface area contributed by atoms with E-state index in [1.807, 2.05) is 49.4 Å². The maximum atomic E-state index is 12.3. The average molecular weight is 363 g/mol. The Labute approximate surface area is 159 Å². The minimum absolute atomic E-state index is 0.0565. The van der Waals surface area contributed by atoms with Gasteiger partial charge in [0.1, 0.15) is 5.75 Å². The number of aromatic nitrogens is 2. The average Bonchev–Trinajstić information content (AvgIpc) is 3.32. The van der Waals surface area contributed by atoms with Crippen molar-refractivity contribution in [3.8, 4) is 16.9 Å². The smallest absolute Gasteiger partial charge is 0.225 e. The number of amides is 1. The Bertz CT molecular complexity index is 942. The van der Waals surface area contributed by atoms with E-state index in [-0.39, 0.29) is 5.91 Å². The molecule has 1 saturated carbocycles. The second-order valence-corrected chi connectivity index (χ2v) is 7.16. The maximum Gasteiger partial charge on any atom is 0.225 e. The summed E-state index contributed by atoms with van der Waals surface area (Å²) in [5.41, 5.74) is 3.00. The molecular weight excluding hydrogens is 338 g/mol. The highest BCUT2D eigenvalue weighted by atomic mass is 16.5. The van der Waals surface area contributed by atoms with Gasteiger partial charge in [0.05, 0.1) is 12.1 Å². The molecule has 140 valence electrons. The highest BCUT2D eigenvalue weighted by Crippen LogP contribution is 2.33. The number of aromatic amines is 1. The first-order chi connectivity index (χ1) is 13.2. The molecule has 2 aromatic carbocycles. The van der Waals surface area contributed by atoms with E-state index in [4.69, 9.17) is 4.74 Å². The van der Waals surface area contributed by atoms with Crippen molar-refractivity contribution in [1.29, 1.82) is 0 Å². The molecule has 3 aromatic rings. The van der Waals surface area contributed by atoms with Crippen molar-refractivity contribution in [2.75, 3.05) is 11.9 Å². The van der Waals surface area contributed by atoms with E-state index in [1.165, 1.54) is 12.8 Å². The molecule has 0 radical (unpaired) electrons. The van der Waals surface area contributed by atoms with Gasteiger partial charge in [-0.2, -0.15) is 5.10 Å². The maximum absolute atomic E-state index is 12.3. The Morgan fingerprint density at radius 3 is 2.85 bits per heavy atom. The monoisotopic (exact) mass is 363 g/mol. The van der Waals surface area contributed by atoms with Gasteiger partial charge in [0.15, 0.2) is 5.82 Å². The summed E-state index contributed by atoms with van der Waals surface area (Å²) in [7, 11) is 0. The van der Waals surface area contributed by atoms with Crippen LogP contribution in [0.3, 0.4) is 0 Å². The Hall–Kier alpha value is -2.82. The molecule has 1 aliphatic carbocycles. The highest BCUT2D eigenvalue weighted by molar-refractivity contribution is 6.00. The van der Waals surface area contributed by atoms with Crippen LogP contribution in [0.25, 0.3) is 22.0 Å². The lowest BCUT2D eigenvalue weighted by Gasteiger charge is -2.10. The van der Waals surface area contributed by atoms with E-state index in [9.17, 15) is 4.79 Å². The Kier molecular flexibility index (Phi) is 5.10. The van der Waals surface area contributed by atoms with Crippen LogP contribution in [-0.4, -0.2) is 22.7 Å². The molecule has 5 nitrogen and oxygen atoms in total. The summed E-state index contributed by atoms with van der Waals surface area (Å²) < 4.78 is 5.74. The fourth-order valence-corrected chi connectivity index (χ4v) is 3.93. The van der Waals surface area contributed by atoms with Crippen molar-refractivity contribution in [3.63, 3.8) is 0 Å². The molecule has 1 aliphatic rings. The molecule has 4 rings (SSSR count). The Morgan fingerprint density at radius 1 is 1.22 bits per heavy atom. The second-order valence-electron chi connectivity index (χ2n) is 7.16. The number of ether oxygens (including phenoxy) is 1. The minimum atomic E-state index is 0.0565. The van der Waals surface area contributed by atoms with E-state index in [1.54, 1.807) is 0 Å². The van der Waals surface area contributed by atoms with Gasteiger partial charge >= 0.3 is 0 Å². The molecule has 0 spiro atoms. The zero-order valence-electron chi connectivity index (χ0n) is 15.6. The van der Waals surface area contributed by atoms with Crippen LogP contribution in [0.1, 0.15) is 39.0 Å². The molecule has 0 unspecified atom stereocenters. The summed E-state index contributed by atoms with van der Waals surface area (Å²) in [6.45, 7) is 2.61. The van der Waals surface area contributed by atoms with Gasteiger partial charge in [0, 0.05) is 17.4 Å². The number of nitrogens with one attached hydrogen (secondary N) is 2. The summed E-state index contributed by atoms with van der Waals surface area (Å²) in [4.78, 5) is 12.3. The molecule has 0 atom stereocenters. The molecule has 2 N–H and O–H groups in total. The number of anilines is 1. The summed E-state index contributed by atoms with van der Waals surface area (Å²) in [6, 6.07) is 14.1. The standard InChI is InChI=1S/C22H25N3O2/c1-2-27-20-10-6-5-9-17(20)16-11-12-18-19(14-16)24-25-22(18)23-21(26)13-15-7-3-4-8-15/h5-6,9-12,14-15H,2-4,7-8,13H2,1H3,(H2,23,24,25,26). The Morgan fingerprint density at radius 2 is 2.04 bits per heavy atom. The van der Waals surface area contributed by atoms with E-state index >= 15 is 0 Å². The third-order valence-corrected chi connectivity index (χ3v) is 5.27. The lowest BCUT2D eigenvalue weighted by molar-refractivity contribution is -0.117. The molecule has 0 saturated heterocycles. The second kappa shape index (κ2) is 7.82. The van der Waals surface area contributed by atoms with Gasteiger partial charge in [-0.25, -0.2) is 0 Å². The molecule has 5 heteroatoms.